The Morgan fingerprint density at radius 2 is 2.04 bits per heavy atom. The predicted octanol–water partition coefficient (Wildman–Crippen LogP) is 1.75. The highest BCUT2D eigenvalue weighted by Crippen LogP contribution is 2.45. The zero-order valence-electron chi connectivity index (χ0n) is 13.3. The van der Waals surface area contributed by atoms with Crippen LogP contribution >= 0.6 is 0 Å². The molecule has 2 N–H and O–H groups in total. The molecule has 24 heavy (non-hydrogen) atoms. The summed E-state index contributed by atoms with van der Waals surface area (Å²) in [4.78, 5) is 26.8. The number of hydrogen-bond donors (Lipinski definition) is 2. The van der Waals surface area contributed by atoms with E-state index in [9.17, 15) is 9.59 Å². The fraction of sp³-hybridized carbons (Fsp3) is 0.368. The summed E-state index contributed by atoms with van der Waals surface area (Å²) in [5.74, 6) is 0.308. The molecule has 1 saturated heterocycles. The average Bonchev–Trinajstić information content (AvgIpc) is 3.03. The lowest BCUT2D eigenvalue weighted by molar-refractivity contribution is -0.0528. The zero-order valence-corrected chi connectivity index (χ0v) is 13.3. The molecule has 1 aromatic carbocycles. The maximum absolute atomic E-state index is 12.5. The van der Waals surface area contributed by atoms with Crippen LogP contribution in [0.15, 0.2) is 53.5 Å². The highest BCUT2D eigenvalue weighted by atomic mass is 16.5. The number of benzene rings is 1. The fourth-order valence-electron chi connectivity index (χ4n) is 4.00. The summed E-state index contributed by atoms with van der Waals surface area (Å²) in [6.07, 6.45) is 3.58. The minimum absolute atomic E-state index is 0.0600. The Hall–Kier alpha value is -2.40. The molecule has 124 valence electrons. The van der Waals surface area contributed by atoms with E-state index in [2.05, 4.69) is 22.4 Å². The second kappa shape index (κ2) is 6.24. The molecule has 2 heterocycles. The van der Waals surface area contributed by atoms with Crippen LogP contribution in [0, 0.1) is 11.8 Å². The van der Waals surface area contributed by atoms with Crippen molar-refractivity contribution in [2.75, 3.05) is 6.61 Å². The Morgan fingerprint density at radius 1 is 1.21 bits per heavy atom. The Labute approximate surface area is 140 Å². The smallest absolute Gasteiger partial charge is 0.260 e. The van der Waals surface area contributed by atoms with Gasteiger partial charge in [0.15, 0.2) is 0 Å². The standard InChI is InChI=1S/C19H20N2O3/c22-18-14(7-4-9-20-18)19(23)21-16-13-8-10-24-17(13)15(16)11-12-5-2-1-3-6-12/h1-7,9,13,15-17H,8,10-11H2,(H,20,22)(H,21,23)/t13-,15+,16-,17-/m0/s1. The summed E-state index contributed by atoms with van der Waals surface area (Å²) in [7, 11) is 0. The maximum atomic E-state index is 12.5. The summed E-state index contributed by atoms with van der Waals surface area (Å²) < 4.78 is 5.86. The molecule has 0 unspecified atom stereocenters. The number of nitrogens with one attached hydrogen (secondary N) is 2. The summed E-state index contributed by atoms with van der Waals surface area (Å²) >= 11 is 0. The molecule has 1 aliphatic carbocycles. The van der Waals surface area contributed by atoms with Gasteiger partial charge in [0.1, 0.15) is 5.56 Å². The molecule has 2 aromatic rings. The summed E-state index contributed by atoms with van der Waals surface area (Å²) in [5, 5.41) is 3.08. The van der Waals surface area contributed by atoms with Crippen LogP contribution in [-0.4, -0.2) is 29.6 Å². The SMILES string of the molecule is O=C(N[C@@H]1[C@@H](Cc2ccccc2)[C@H]2OCC[C@@H]12)c1ccc[nH]c1=O. The topological polar surface area (TPSA) is 71.2 Å². The Balaban J connectivity index is 1.51. The summed E-state index contributed by atoms with van der Waals surface area (Å²) in [6.45, 7) is 0.749. The van der Waals surface area contributed by atoms with Crippen LogP contribution in [0.3, 0.4) is 0 Å². The van der Waals surface area contributed by atoms with E-state index in [1.54, 1.807) is 12.1 Å². The third kappa shape index (κ3) is 2.65. The Kier molecular flexibility index (Phi) is 3.94. The lowest BCUT2D eigenvalue weighted by atomic mass is 9.64. The molecule has 5 nitrogen and oxygen atoms in total. The van der Waals surface area contributed by atoms with Crippen LogP contribution in [-0.2, 0) is 11.2 Å². The first-order chi connectivity index (χ1) is 11.7. The number of aromatic nitrogens is 1. The van der Waals surface area contributed by atoms with Crippen LogP contribution in [0.5, 0.6) is 0 Å². The first-order valence-electron chi connectivity index (χ1n) is 8.38. The molecule has 4 rings (SSSR count). The Bertz CT molecular complexity index is 786. The van der Waals surface area contributed by atoms with Gasteiger partial charge in [-0.2, -0.15) is 0 Å². The van der Waals surface area contributed by atoms with Crippen molar-refractivity contribution in [1.29, 1.82) is 0 Å². The van der Waals surface area contributed by atoms with Crippen LogP contribution in [0.1, 0.15) is 22.3 Å². The molecule has 1 aliphatic heterocycles. The van der Waals surface area contributed by atoms with Crippen molar-refractivity contribution in [3.8, 4) is 0 Å². The lowest BCUT2D eigenvalue weighted by Gasteiger charge is -2.48. The normalized spacial score (nSPS) is 28.0. The summed E-state index contributed by atoms with van der Waals surface area (Å²) in [6, 6.07) is 13.5. The number of aromatic amines is 1. The third-order valence-electron chi connectivity index (χ3n) is 5.20. The lowest BCUT2D eigenvalue weighted by Crippen LogP contribution is -2.62. The van der Waals surface area contributed by atoms with E-state index in [0.29, 0.717) is 5.92 Å². The number of hydrogen-bond acceptors (Lipinski definition) is 3. The van der Waals surface area contributed by atoms with Crippen molar-refractivity contribution in [1.82, 2.24) is 10.3 Å². The monoisotopic (exact) mass is 324 g/mol. The minimum Gasteiger partial charge on any atom is -0.377 e. The van der Waals surface area contributed by atoms with Gasteiger partial charge in [0, 0.05) is 30.7 Å². The van der Waals surface area contributed by atoms with Crippen molar-refractivity contribution >= 4 is 5.91 Å². The number of fused-ring (bicyclic) bond motifs is 1. The molecule has 1 aromatic heterocycles. The highest BCUT2D eigenvalue weighted by molar-refractivity contribution is 5.94. The molecular formula is C19H20N2O3. The van der Waals surface area contributed by atoms with Gasteiger partial charge in [-0.1, -0.05) is 30.3 Å². The minimum atomic E-state index is -0.354. The zero-order chi connectivity index (χ0) is 16.5. The number of pyridine rings is 1. The van der Waals surface area contributed by atoms with Gasteiger partial charge in [-0.25, -0.2) is 0 Å². The predicted molar refractivity (Wildman–Crippen MR) is 89.8 cm³/mol. The van der Waals surface area contributed by atoms with E-state index in [1.807, 2.05) is 18.2 Å². The number of carbonyl (C=O) groups is 1. The molecule has 4 atom stereocenters. The van der Waals surface area contributed by atoms with Crippen molar-refractivity contribution in [2.24, 2.45) is 11.8 Å². The van der Waals surface area contributed by atoms with Crippen molar-refractivity contribution in [3.05, 3.63) is 70.1 Å². The van der Waals surface area contributed by atoms with E-state index < -0.39 is 0 Å². The molecule has 5 heteroatoms. The number of rotatable bonds is 4. The van der Waals surface area contributed by atoms with Crippen LogP contribution in [0.2, 0.25) is 0 Å². The van der Waals surface area contributed by atoms with E-state index in [0.717, 1.165) is 19.4 Å². The molecule has 1 amide bonds. The van der Waals surface area contributed by atoms with Crippen molar-refractivity contribution in [3.63, 3.8) is 0 Å². The molecule has 2 fully saturated rings. The maximum Gasteiger partial charge on any atom is 0.260 e. The average molecular weight is 324 g/mol. The Morgan fingerprint density at radius 3 is 2.83 bits per heavy atom. The molecular weight excluding hydrogens is 304 g/mol. The van der Waals surface area contributed by atoms with Gasteiger partial charge >= 0.3 is 0 Å². The third-order valence-corrected chi connectivity index (χ3v) is 5.20. The van der Waals surface area contributed by atoms with Crippen molar-refractivity contribution < 1.29 is 9.53 Å². The molecule has 0 radical (unpaired) electrons. The quantitative estimate of drug-likeness (QED) is 0.900. The van der Waals surface area contributed by atoms with E-state index in [-0.39, 0.29) is 35.1 Å². The first kappa shape index (κ1) is 15.1. The van der Waals surface area contributed by atoms with Crippen LogP contribution in [0.4, 0.5) is 0 Å². The van der Waals surface area contributed by atoms with Gasteiger partial charge in [0.05, 0.1) is 6.10 Å². The highest BCUT2D eigenvalue weighted by Gasteiger charge is 2.54. The van der Waals surface area contributed by atoms with Crippen molar-refractivity contribution in [2.45, 2.75) is 25.0 Å². The van der Waals surface area contributed by atoms with E-state index in [1.165, 1.54) is 11.8 Å². The van der Waals surface area contributed by atoms with Crippen LogP contribution in [0.25, 0.3) is 0 Å². The van der Waals surface area contributed by atoms with E-state index >= 15 is 0 Å². The molecule has 1 saturated carbocycles. The second-order valence-electron chi connectivity index (χ2n) is 6.55. The molecule has 2 aliphatic rings. The van der Waals surface area contributed by atoms with Crippen LogP contribution < -0.4 is 10.9 Å². The van der Waals surface area contributed by atoms with Gasteiger partial charge < -0.3 is 15.0 Å². The molecule has 0 spiro atoms. The largest absolute Gasteiger partial charge is 0.377 e. The first-order valence-corrected chi connectivity index (χ1v) is 8.38. The van der Waals surface area contributed by atoms with Gasteiger partial charge in [-0.05, 0) is 30.5 Å². The molecule has 0 bridgehead atoms. The van der Waals surface area contributed by atoms with Gasteiger partial charge in [0.2, 0.25) is 0 Å². The number of H-pyrrole nitrogens is 1. The second-order valence-corrected chi connectivity index (χ2v) is 6.55. The van der Waals surface area contributed by atoms with Gasteiger partial charge in [-0.15, -0.1) is 0 Å². The number of amides is 1. The number of ether oxygens (including phenoxy) is 1. The van der Waals surface area contributed by atoms with E-state index in [4.69, 9.17) is 4.74 Å². The van der Waals surface area contributed by atoms with Gasteiger partial charge in [-0.3, -0.25) is 9.59 Å². The fourth-order valence-corrected chi connectivity index (χ4v) is 4.00. The summed E-state index contributed by atoms with van der Waals surface area (Å²) in [5.41, 5.74) is 1.06. The number of carbonyl (C=O) groups excluding carboxylic acids is 1. The van der Waals surface area contributed by atoms with Gasteiger partial charge in [0.25, 0.3) is 11.5 Å².